The van der Waals surface area contributed by atoms with Crippen LogP contribution in [0.5, 0.6) is 0 Å². The van der Waals surface area contributed by atoms with Gasteiger partial charge in [0.2, 0.25) is 0 Å². The molecule has 0 heterocycles. The van der Waals surface area contributed by atoms with Crippen molar-refractivity contribution < 1.29 is 9.53 Å². The Labute approximate surface area is 176 Å². The lowest BCUT2D eigenvalue weighted by Crippen LogP contribution is -2.33. The average Bonchev–Trinajstić information content (AvgIpc) is 2.74. The molecule has 0 radical (unpaired) electrons. The minimum absolute atomic E-state index is 0.0958. The molecule has 5 heteroatoms. The van der Waals surface area contributed by atoms with Gasteiger partial charge in [0.05, 0.1) is 18.7 Å². The standard InChI is InChI=1S/C24H24N2O2S/c1-16-10-7-8-13-19(16)22(18-11-5-4-6-12-18)26-24(29)25-21-15-9-14-20(17(21)2)23(27)28-3/h4-15,22H,1-3H3,(H2,25,26,29). The van der Waals surface area contributed by atoms with E-state index in [1.807, 2.05) is 43.3 Å². The van der Waals surface area contributed by atoms with Gasteiger partial charge in [-0.1, -0.05) is 60.7 Å². The maximum absolute atomic E-state index is 12.0. The third-order valence-electron chi connectivity index (χ3n) is 4.90. The quantitative estimate of drug-likeness (QED) is 0.454. The lowest BCUT2D eigenvalue weighted by Gasteiger charge is -2.24. The summed E-state index contributed by atoms with van der Waals surface area (Å²) >= 11 is 5.61. The van der Waals surface area contributed by atoms with Gasteiger partial charge in [0.25, 0.3) is 0 Å². The first-order chi connectivity index (χ1) is 14.0. The zero-order valence-corrected chi connectivity index (χ0v) is 17.5. The van der Waals surface area contributed by atoms with E-state index in [-0.39, 0.29) is 12.0 Å². The Balaban J connectivity index is 1.87. The summed E-state index contributed by atoms with van der Waals surface area (Å²) in [7, 11) is 1.38. The predicted molar refractivity (Wildman–Crippen MR) is 121 cm³/mol. The van der Waals surface area contributed by atoms with Gasteiger partial charge in [-0.2, -0.15) is 0 Å². The summed E-state index contributed by atoms with van der Waals surface area (Å²) < 4.78 is 4.86. The monoisotopic (exact) mass is 404 g/mol. The van der Waals surface area contributed by atoms with E-state index in [2.05, 4.69) is 41.8 Å². The molecule has 0 spiro atoms. The Morgan fingerprint density at radius 2 is 1.62 bits per heavy atom. The molecular weight excluding hydrogens is 380 g/mol. The van der Waals surface area contributed by atoms with Crippen LogP contribution >= 0.6 is 12.2 Å². The molecule has 0 aromatic heterocycles. The van der Waals surface area contributed by atoms with Crippen molar-refractivity contribution in [1.82, 2.24) is 5.32 Å². The van der Waals surface area contributed by atoms with Crippen LogP contribution in [0.3, 0.4) is 0 Å². The number of aryl methyl sites for hydroxylation is 1. The van der Waals surface area contributed by atoms with Gasteiger partial charge in [0, 0.05) is 5.69 Å². The van der Waals surface area contributed by atoms with Gasteiger partial charge in [0.15, 0.2) is 5.11 Å². The van der Waals surface area contributed by atoms with Gasteiger partial charge in [-0.05, 0) is 60.5 Å². The van der Waals surface area contributed by atoms with E-state index in [0.29, 0.717) is 10.7 Å². The van der Waals surface area contributed by atoms with E-state index in [4.69, 9.17) is 17.0 Å². The number of anilines is 1. The molecule has 0 bridgehead atoms. The molecule has 1 unspecified atom stereocenters. The molecule has 3 aromatic carbocycles. The molecule has 1 atom stereocenters. The number of carbonyl (C=O) groups is 1. The molecular formula is C24H24N2O2S. The maximum atomic E-state index is 12.0. The van der Waals surface area contributed by atoms with E-state index in [9.17, 15) is 4.79 Å². The van der Waals surface area contributed by atoms with Crippen LogP contribution < -0.4 is 10.6 Å². The van der Waals surface area contributed by atoms with Crippen molar-refractivity contribution in [2.45, 2.75) is 19.9 Å². The normalized spacial score (nSPS) is 11.4. The van der Waals surface area contributed by atoms with Crippen molar-refractivity contribution in [3.05, 3.63) is 101 Å². The molecule has 2 N–H and O–H groups in total. The van der Waals surface area contributed by atoms with Crippen molar-refractivity contribution in [3.8, 4) is 0 Å². The molecule has 3 aromatic rings. The minimum atomic E-state index is -0.368. The zero-order valence-electron chi connectivity index (χ0n) is 16.7. The Kier molecular flexibility index (Phi) is 6.62. The predicted octanol–water partition coefficient (Wildman–Crippen LogP) is 5.17. The summed E-state index contributed by atoms with van der Waals surface area (Å²) in [6.45, 7) is 3.96. The van der Waals surface area contributed by atoms with E-state index >= 15 is 0 Å². The number of esters is 1. The average molecular weight is 405 g/mol. The number of thiocarbonyl (C=S) groups is 1. The van der Waals surface area contributed by atoms with Crippen LogP contribution in [0.25, 0.3) is 0 Å². The first kappa shape index (κ1) is 20.6. The van der Waals surface area contributed by atoms with Crippen LogP contribution in [0.1, 0.15) is 38.7 Å². The smallest absolute Gasteiger partial charge is 0.338 e. The Hall–Kier alpha value is -3.18. The lowest BCUT2D eigenvalue weighted by atomic mass is 9.95. The molecule has 3 rings (SSSR count). The molecule has 29 heavy (non-hydrogen) atoms. The minimum Gasteiger partial charge on any atom is -0.465 e. The van der Waals surface area contributed by atoms with E-state index in [1.54, 1.807) is 12.1 Å². The number of hydrogen-bond donors (Lipinski definition) is 2. The van der Waals surface area contributed by atoms with Gasteiger partial charge < -0.3 is 15.4 Å². The van der Waals surface area contributed by atoms with E-state index in [0.717, 1.165) is 22.4 Å². The van der Waals surface area contributed by atoms with E-state index in [1.165, 1.54) is 12.7 Å². The summed E-state index contributed by atoms with van der Waals surface area (Å²) in [4.78, 5) is 12.0. The Morgan fingerprint density at radius 1 is 0.931 bits per heavy atom. The summed E-state index contributed by atoms with van der Waals surface area (Å²) in [6, 6.07) is 23.8. The fourth-order valence-corrected chi connectivity index (χ4v) is 3.52. The number of benzene rings is 3. The maximum Gasteiger partial charge on any atom is 0.338 e. The van der Waals surface area contributed by atoms with Crippen LogP contribution in [-0.4, -0.2) is 18.2 Å². The first-order valence-electron chi connectivity index (χ1n) is 9.37. The molecule has 0 saturated heterocycles. The second kappa shape index (κ2) is 9.34. The summed E-state index contributed by atoms with van der Waals surface area (Å²) in [5.41, 5.74) is 5.52. The second-order valence-corrected chi connectivity index (χ2v) is 7.18. The fourth-order valence-electron chi connectivity index (χ4n) is 3.29. The van der Waals surface area contributed by atoms with Gasteiger partial charge in [-0.25, -0.2) is 4.79 Å². The van der Waals surface area contributed by atoms with Crippen LogP contribution in [0.2, 0.25) is 0 Å². The summed E-state index contributed by atoms with van der Waals surface area (Å²) in [5.74, 6) is -0.368. The SMILES string of the molecule is COC(=O)c1cccc(NC(=S)NC(c2ccccc2)c2ccccc2C)c1C. The highest BCUT2D eigenvalue weighted by atomic mass is 32.1. The van der Waals surface area contributed by atoms with Crippen LogP contribution in [0.15, 0.2) is 72.8 Å². The van der Waals surface area contributed by atoms with Gasteiger partial charge in [-0.15, -0.1) is 0 Å². The van der Waals surface area contributed by atoms with Crippen molar-refractivity contribution in [2.75, 3.05) is 12.4 Å². The molecule has 0 aliphatic heterocycles. The van der Waals surface area contributed by atoms with Crippen molar-refractivity contribution in [1.29, 1.82) is 0 Å². The molecule has 0 aliphatic rings. The highest BCUT2D eigenvalue weighted by Crippen LogP contribution is 2.25. The van der Waals surface area contributed by atoms with Gasteiger partial charge >= 0.3 is 5.97 Å². The number of rotatable bonds is 5. The Morgan fingerprint density at radius 3 is 2.31 bits per heavy atom. The fraction of sp³-hybridized carbons (Fsp3) is 0.167. The number of carbonyl (C=O) groups excluding carboxylic acids is 1. The number of methoxy groups -OCH3 is 1. The second-order valence-electron chi connectivity index (χ2n) is 6.77. The number of hydrogen-bond acceptors (Lipinski definition) is 3. The molecule has 0 saturated carbocycles. The molecule has 148 valence electrons. The highest BCUT2D eigenvalue weighted by Gasteiger charge is 2.18. The third-order valence-corrected chi connectivity index (χ3v) is 5.12. The number of ether oxygens (including phenoxy) is 1. The van der Waals surface area contributed by atoms with Crippen LogP contribution in [0, 0.1) is 13.8 Å². The van der Waals surface area contributed by atoms with Crippen molar-refractivity contribution >= 4 is 29.0 Å². The van der Waals surface area contributed by atoms with Crippen LogP contribution in [-0.2, 0) is 4.74 Å². The highest BCUT2D eigenvalue weighted by molar-refractivity contribution is 7.80. The summed E-state index contributed by atoms with van der Waals surface area (Å²) in [5, 5.41) is 7.14. The molecule has 0 aliphatic carbocycles. The van der Waals surface area contributed by atoms with Gasteiger partial charge in [-0.3, -0.25) is 0 Å². The van der Waals surface area contributed by atoms with E-state index < -0.39 is 0 Å². The Bertz CT molecular complexity index is 1020. The molecule has 0 amide bonds. The number of nitrogens with one attached hydrogen (secondary N) is 2. The third kappa shape index (κ3) is 4.81. The molecule has 0 fully saturated rings. The lowest BCUT2D eigenvalue weighted by molar-refractivity contribution is 0.0600. The van der Waals surface area contributed by atoms with Crippen LogP contribution in [0.4, 0.5) is 5.69 Å². The summed E-state index contributed by atoms with van der Waals surface area (Å²) in [6.07, 6.45) is 0. The zero-order chi connectivity index (χ0) is 20.8. The van der Waals surface area contributed by atoms with Crippen molar-refractivity contribution in [3.63, 3.8) is 0 Å². The first-order valence-corrected chi connectivity index (χ1v) is 9.78. The van der Waals surface area contributed by atoms with Gasteiger partial charge in [0.1, 0.15) is 0 Å². The topological polar surface area (TPSA) is 50.4 Å². The van der Waals surface area contributed by atoms with Crippen molar-refractivity contribution in [2.24, 2.45) is 0 Å². The largest absolute Gasteiger partial charge is 0.465 e. The molecule has 4 nitrogen and oxygen atoms in total.